The number of carbonyl (C=O) groups excluding carboxylic acids is 2. The molecular formula is C55H109NO9Si. The van der Waals surface area contributed by atoms with Crippen molar-refractivity contribution in [2.24, 2.45) is 11.7 Å². The van der Waals surface area contributed by atoms with Crippen LogP contribution >= 0.6 is 0 Å². The van der Waals surface area contributed by atoms with Gasteiger partial charge in [-0.3, -0.25) is 4.79 Å². The zero-order valence-corrected chi connectivity index (χ0v) is 45.2. The fourth-order valence-corrected chi connectivity index (χ4v) is 9.92. The van der Waals surface area contributed by atoms with Crippen LogP contribution < -0.4 is 5.73 Å². The van der Waals surface area contributed by atoms with Gasteiger partial charge in [-0.25, -0.2) is 4.79 Å². The summed E-state index contributed by atoms with van der Waals surface area (Å²) in [6.45, 7) is 15.2. The Balaban J connectivity index is 2.97. The van der Waals surface area contributed by atoms with Crippen molar-refractivity contribution in [3.05, 3.63) is 0 Å². The molecule has 1 saturated heterocycles. The molecule has 1 heterocycles. The van der Waals surface area contributed by atoms with Crippen LogP contribution in [0.2, 0.25) is 25.7 Å². The zero-order chi connectivity index (χ0) is 48.5. The maximum absolute atomic E-state index is 14.1. The fourth-order valence-electron chi connectivity index (χ4n) is 9.17. The molecule has 0 aliphatic carbocycles. The Kier molecular flexibility index (Phi) is 40.8. The van der Waals surface area contributed by atoms with E-state index in [0.29, 0.717) is 26.1 Å². The van der Waals surface area contributed by atoms with E-state index < -0.39 is 57.0 Å². The summed E-state index contributed by atoms with van der Waals surface area (Å²) in [6.07, 6.45) is 33.3. The van der Waals surface area contributed by atoms with E-state index in [1.807, 2.05) is 0 Å². The van der Waals surface area contributed by atoms with Gasteiger partial charge in [0.1, 0.15) is 18.3 Å². The third kappa shape index (κ3) is 34.3. The van der Waals surface area contributed by atoms with Gasteiger partial charge in [0.25, 0.3) is 0 Å². The first-order valence-electron chi connectivity index (χ1n) is 28.2. The average Bonchev–Trinajstić information content (AvgIpc) is 3.28. The molecule has 0 aromatic heterocycles. The molecule has 0 amide bonds. The van der Waals surface area contributed by atoms with E-state index in [4.69, 9.17) is 29.4 Å². The fraction of sp³-hybridized carbons (Fsp3) is 0.964. The van der Waals surface area contributed by atoms with Crippen molar-refractivity contribution in [3.8, 4) is 0 Å². The van der Waals surface area contributed by atoms with E-state index in [0.717, 1.165) is 76.9 Å². The summed E-state index contributed by atoms with van der Waals surface area (Å²) in [4.78, 5) is 27.4. The minimum absolute atomic E-state index is 0.119. The molecule has 0 bridgehead atoms. The zero-order valence-electron chi connectivity index (χ0n) is 44.2. The molecule has 1 fully saturated rings. The van der Waals surface area contributed by atoms with E-state index in [9.17, 15) is 19.8 Å². The molecule has 0 aromatic rings. The van der Waals surface area contributed by atoms with Crippen molar-refractivity contribution >= 4 is 20.0 Å². The first-order valence-corrected chi connectivity index (χ1v) is 31.9. The van der Waals surface area contributed by atoms with E-state index in [1.165, 1.54) is 135 Å². The number of aliphatic hydroxyl groups is 2. The average molecular weight is 957 g/mol. The lowest BCUT2D eigenvalue weighted by Gasteiger charge is -2.42. The van der Waals surface area contributed by atoms with E-state index >= 15 is 0 Å². The van der Waals surface area contributed by atoms with Crippen molar-refractivity contribution in [1.29, 1.82) is 0 Å². The van der Waals surface area contributed by atoms with Crippen LogP contribution in [0, 0.1) is 5.92 Å². The number of aliphatic hydroxyl groups excluding tert-OH is 2. The number of carbonyl (C=O) groups is 2. The highest BCUT2D eigenvalue weighted by molar-refractivity contribution is 6.76. The van der Waals surface area contributed by atoms with Gasteiger partial charge in [0.15, 0.2) is 6.10 Å². The molecule has 1 rings (SSSR count). The molecule has 0 aromatic carbocycles. The van der Waals surface area contributed by atoms with E-state index in [-0.39, 0.29) is 25.1 Å². The Morgan fingerprint density at radius 3 is 1.56 bits per heavy atom. The number of unbranched alkanes of at least 4 members (excludes halogenated alkanes) is 27. The van der Waals surface area contributed by atoms with Gasteiger partial charge in [-0.1, -0.05) is 220 Å². The lowest BCUT2D eigenvalue weighted by molar-refractivity contribution is -0.209. The van der Waals surface area contributed by atoms with Crippen LogP contribution in [0.15, 0.2) is 0 Å². The molecule has 11 heteroatoms. The first-order chi connectivity index (χ1) is 32.0. The number of esters is 2. The minimum Gasteiger partial charge on any atom is -0.456 e. The molecule has 10 nitrogen and oxygen atoms in total. The highest BCUT2D eigenvalue weighted by atomic mass is 28.3. The van der Waals surface area contributed by atoms with Gasteiger partial charge in [-0.2, -0.15) is 0 Å². The van der Waals surface area contributed by atoms with Gasteiger partial charge >= 0.3 is 11.9 Å². The second kappa shape index (κ2) is 42.8. The summed E-state index contributed by atoms with van der Waals surface area (Å²) in [5.41, 5.74) is 7.00. The molecule has 0 saturated carbocycles. The highest BCUT2D eigenvalue weighted by Crippen LogP contribution is 2.30. The molecule has 392 valence electrons. The Labute approximate surface area is 408 Å². The standard InChI is InChI=1S/C55H109NO9Si/c1-7-10-13-16-19-22-24-27-30-33-36-39-52(58)64-50(38-35-32-29-26-23-20-17-14-11-8-2)55(60)65-54-48(46-63-51(45-57)53(54)59)49(56)44-47(62-41-40-61-42-43-66(4,5)6)37-34-31-28-25-21-18-15-12-9-3/h47-51,53-54,57,59H,7-46,56H2,1-6H3/t47-,48+,49?,50-,51-,53-,54-/m1/s1. The van der Waals surface area contributed by atoms with Gasteiger partial charge in [0.2, 0.25) is 0 Å². The Bertz CT molecular complexity index is 1110. The lowest BCUT2D eigenvalue weighted by Crippen LogP contribution is -2.58. The third-order valence-electron chi connectivity index (χ3n) is 13.7. The van der Waals surface area contributed by atoms with Crippen LogP contribution in [0.5, 0.6) is 0 Å². The minimum atomic E-state index is -1.29. The highest BCUT2D eigenvalue weighted by Gasteiger charge is 2.45. The lowest BCUT2D eigenvalue weighted by atomic mass is 9.84. The smallest absolute Gasteiger partial charge is 0.347 e. The van der Waals surface area contributed by atoms with Crippen LogP contribution in [0.3, 0.4) is 0 Å². The Morgan fingerprint density at radius 2 is 1.09 bits per heavy atom. The molecule has 4 N–H and O–H groups in total. The van der Waals surface area contributed by atoms with Gasteiger partial charge < -0.3 is 39.6 Å². The summed E-state index contributed by atoms with van der Waals surface area (Å²) in [6, 6.07) is 0.592. The van der Waals surface area contributed by atoms with Gasteiger partial charge in [0.05, 0.1) is 32.5 Å². The summed E-state index contributed by atoms with van der Waals surface area (Å²) in [5, 5.41) is 21.7. The molecule has 7 atom stereocenters. The number of nitrogens with two attached hydrogens (primary N) is 1. The van der Waals surface area contributed by atoms with Crippen LogP contribution in [0.4, 0.5) is 0 Å². The summed E-state index contributed by atoms with van der Waals surface area (Å²) < 4.78 is 30.5. The van der Waals surface area contributed by atoms with Crippen LogP contribution in [-0.4, -0.2) is 99.8 Å². The van der Waals surface area contributed by atoms with Crippen LogP contribution in [-0.2, 0) is 33.3 Å². The molecular weight excluding hydrogens is 847 g/mol. The van der Waals surface area contributed by atoms with E-state index in [2.05, 4.69) is 40.4 Å². The number of ether oxygens (including phenoxy) is 5. The first kappa shape index (κ1) is 62.9. The van der Waals surface area contributed by atoms with E-state index in [1.54, 1.807) is 0 Å². The molecule has 1 unspecified atom stereocenters. The van der Waals surface area contributed by atoms with Crippen molar-refractivity contribution in [1.82, 2.24) is 0 Å². The van der Waals surface area contributed by atoms with Crippen molar-refractivity contribution in [2.75, 3.05) is 33.0 Å². The molecule has 66 heavy (non-hydrogen) atoms. The molecule has 0 radical (unpaired) electrons. The summed E-state index contributed by atoms with van der Waals surface area (Å²) in [7, 11) is -1.19. The third-order valence-corrected chi connectivity index (χ3v) is 15.4. The Morgan fingerprint density at radius 1 is 0.636 bits per heavy atom. The quantitative estimate of drug-likeness (QED) is 0.0306. The summed E-state index contributed by atoms with van der Waals surface area (Å²) in [5.74, 6) is -1.58. The number of hydrogen-bond acceptors (Lipinski definition) is 10. The molecule has 0 spiro atoms. The SMILES string of the molecule is CCCCCCCCCCCCCC(=O)O[C@H](CCCCCCCCCCCC)C(=O)O[C@H]1[C@H](O)[C@@H](CO)OC[C@H]1C(N)C[C@@H](CCCCCCCCCCC)OCCOCC[Si](C)(C)C. The van der Waals surface area contributed by atoms with Gasteiger partial charge in [-0.15, -0.1) is 0 Å². The second-order valence-corrected chi connectivity index (χ2v) is 26.9. The van der Waals surface area contributed by atoms with Crippen LogP contribution in [0.1, 0.15) is 239 Å². The predicted molar refractivity (Wildman–Crippen MR) is 277 cm³/mol. The molecule has 1 aliphatic heterocycles. The number of rotatable bonds is 47. The maximum Gasteiger partial charge on any atom is 0.347 e. The van der Waals surface area contributed by atoms with Crippen molar-refractivity contribution in [3.63, 3.8) is 0 Å². The maximum atomic E-state index is 14.1. The monoisotopic (exact) mass is 956 g/mol. The normalized spacial score (nSPS) is 19.2. The predicted octanol–water partition coefficient (Wildman–Crippen LogP) is 13.6. The van der Waals surface area contributed by atoms with Crippen LogP contribution in [0.25, 0.3) is 0 Å². The largest absolute Gasteiger partial charge is 0.456 e. The number of hydrogen-bond donors (Lipinski definition) is 3. The summed E-state index contributed by atoms with van der Waals surface area (Å²) >= 11 is 0. The second-order valence-electron chi connectivity index (χ2n) is 21.3. The van der Waals surface area contributed by atoms with Gasteiger partial charge in [0, 0.05) is 33.1 Å². The van der Waals surface area contributed by atoms with Gasteiger partial charge in [-0.05, 0) is 38.1 Å². The molecule has 1 aliphatic rings. The Hall–Kier alpha value is -1.08. The topological polar surface area (TPSA) is 147 Å². The van der Waals surface area contributed by atoms with Crippen molar-refractivity contribution < 1.29 is 43.5 Å². The van der Waals surface area contributed by atoms with Crippen molar-refractivity contribution in [2.45, 2.75) is 301 Å².